The fourth-order valence-electron chi connectivity index (χ4n) is 1.42. The number of alkyl halides is 3. The molecule has 0 spiro atoms. The minimum atomic E-state index is -4.25. The van der Waals surface area contributed by atoms with Crippen LogP contribution in [0.5, 0.6) is 0 Å². The van der Waals surface area contributed by atoms with Gasteiger partial charge >= 0.3 is 6.18 Å². The van der Waals surface area contributed by atoms with Crippen LogP contribution in [-0.2, 0) is 0 Å². The number of nitrogens with two attached hydrogens (primary N) is 1. The van der Waals surface area contributed by atoms with E-state index >= 15 is 0 Å². The van der Waals surface area contributed by atoms with Crippen molar-refractivity contribution < 1.29 is 17.6 Å². The first-order valence-corrected chi connectivity index (χ1v) is 4.88. The van der Waals surface area contributed by atoms with Gasteiger partial charge in [0.25, 0.3) is 0 Å². The Labute approximate surface area is 91.3 Å². The summed E-state index contributed by atoms with van der Waals surface area (Å²) in [4.78, 5) is 0. The van der Waals surface area contributed by atoms with Gasteiger partial charge in [-0.1, -0.05) is 17.7 Å². The molecular formula is C11H13F4N. The second-order valence-corrected chi connectivity index (χ2v) is 3.79. The predicted octanol–water partition coefficient (Wildman–Crippen LogP) is 3.48. The Bertz CT molecular complexity index is 359. The molecule has 0 saturated heterocycles. The molecule has 1 aromatic rings. The van der Waals surface area contributed by atoms with E-state index in [1.807, 2.05) is 0 Å². The molecule has 0 saturated carbocycles. The third-order valence-corrected chi connectivity index (χ3v) is 2.29. The van der Waals surface area contributed by atoms with Crippen LogP contribution in [0.2, 0.25) is 0 Å². The normalized spacial score (nSPS) is 13.9. The zero-order valence-corrected chi connectivity index (χ0v) is 8.81. The first-order chi connectivity index (χ1) is 7.29. The molecule has 1 atom stereocenters. The highest BCUT2D eigenvalue weighted by Crippen LogP contribution is 2.27. The number of hydrogen-bond donors (Lipinski definition) is 1. The van der Waals surface area contributed by atoms with Crippen molar-refractivity contribution in [2.75, 3.05) is 0 Å². The van der Waals surface area contributed by atoms with Gasteiger partial charge in [0.2, 0.25) is 0 Å². The summed E-state index contributed by atoms with van der Waals surface area (Å²) in [7, 11) is 0. The summed E-state index contributed by atoms with van der Waals surface area (Å²) in [6.07, 6.45) is -5.55. The fourth-order valence-corrected chi connectivity index (χ4v) is 1.42. The van der Waals surface area contributed by atoms with Crippen molar-refractivity contribution in [3.8, 4) is 0 Å². The largest absolute Gasteiger partial charge is 0.389 e. The lowest BCUT2D eigenvalue weighted by molar-refractivity contribution is -0.136. The highest BCUT2D eigenvalue weighted by atomic mass is 19.4. The topological polar surface area (TPSA) is 26.0 Å². The Kier molecular flexibility index (Phi) is 3.91. The Morgan fingerprint density at radius 2 is 1.94 bits per heavy atom. The molecule has 0 amide bonds. The lowest BCUT2D eigenvalue weighted by Crippen LogP contribution is -2.17. The molecule has 90 valence electrons. The van der Waals surface area contributed by atoms with E-state index in [9.17, 15) is 17.6 Å². The number of hydrogen-bond acceptors (Lipinski definition) is 1. The second kappa shape index (κ2) is 4.82. The lowest BCUT2D eigenvalue weighted by atomic mass is 10.0. The van der Waals surface area contributed by atoms with Crippen LogP contribution in [0.3, 0.4) is 0 Å². The summed E-state index contributed by atoms with van der Waals surface area (Å²) in [5, 5.41) is 0. The molecular weight excluding hydrogens is 222 g/mol. The number of benzene rings is 1. The summed E-state index contributed by atoms with van der Waals surface area (Å²) >= 11 is 0. The lowest BCUT2D eigenvalue weighted by Gasteiger charge is -2.14. The van der Waals surface area contributed by atoms with Crippen LogP contribution in [0, 0.1) is 12.7 Å². The van der Waals surface area contributed by atoms with E-state index in [-0.39, 0.29) is 12.0 Å². The third-order valence-electron chi connectivity index (χ3n) is 2.29. The van der Waals surface area contributed by atoms with Crippen molar-refractivity contribution in [3.63, 3.8) is 0 Å². The van der Waals surface area contributed by atoms with Gasteiger partial charge in [-0.25, -0.2) is 4.39 Å². The van der Waals surface area contributed by atoms with Crippen LogP contribution in [-0.4, -0.2) is 6.18 Å². The minimum Gasteiger partial charge on any atom is -0.324 e. The van der Waals surface area contributed by atoms with Crippen LogP contribution >= 0.6 is 0 Å². The maximum absolute atomic E-state index is 13.3. The minimum absolute atomic E-state index is 0.143. The number of rotatable bonds is 3. The fraction of sp³-hybridized carbons (Fsp3) is 0.455. The number of aryl methyl sites for hydroxylation is 1. The second-order valence-electron chi connectivity index (χ2n) is 3.79. The molecule has 0 aliphatic rings. The summed E-state index contributed by atoms with van der Waals surface area (Å²) in [5.74, 6) is -0.555. The maximum Gasteiger partial charge on any atom is 0.389 e. The monoisotopic (exact) mass is 235 g/mol. The van der Waals surface area contributed by atoms with Crippen molar-refractivity contribution in [1.29, 1.82) is 0 Å². The van der Waals surface area contributed by atoms with Gasteiger partial charge in [-0.15, -0.1) is 0 Å². The van der Waals surface area contributed by atoms with Gasteiger partial charge in [0.15, 0.2) is 0 Å². The zero-order chi connectivity index (χ0) is 12.3. The van der Waals surface area contributed by atoms with Crippen molar-refractivity contribution in [2.45, 2.75) is 32.0 Å². The molecule has 0 heterocycles. The van der Waals surface area contributed by atoms with Crippen molar-refractivity contribution >= 4 is 0 Å². The zero-order valence-electron chi connectivity index (χ0n) is 8.81. The van der Waals surface area contributed by atoms with Crippen LogP contribution in [0.1, 0.15) is 30.0 Å². The standard InChI is InChI=1S/C11H13F4N/c1-7-2-3-9(12)8(6-7)10(16)4-5-11(13,14)15/h2-3,6,10H,4-5,16H2,1H3. The first kappa shape index (κ1) is 13.0. The predicted molar refractivity (Wildman–Crippen MR) is 53.4 cm³/mol. The molecule has 0 radical (unpaired) electrons. The van der Waals surface area contributed by atoms with E-state index in [0.29, 0.717) is 0 Å². The highest BCUT2D eigenvalue weighted by Gasteiger charge is 2.28. The highest BCUT2D eigenvalue weighted by molar-refractivity contribution is 5.26. The summed E-state index contributed by atoms with van der Waals surface area (Å²) < 4.78 is 49.2. The number of halogens is 4. The summed E-state index contributed by atoms with van der Waals surface area (Å²) in [6.45, 7) is 1.74. The maximum atomic E-state index is 13.3. The molecule has 0 fully saturated rings. The molecule has 2 N–H and O–H groups in total. The van der Waals surface area contributed by atoms with E-state index in [4.69, 9.17) is 5.73 Å². The van der Waals surface area contributed by atoms with Crippen LogP contribution in [0.4, 0.5) is 17.6 Å². The molecule has 1 nitrogen and oxygen atoms in total. The van der Waals surface area contributed by atoms with Crippen LogP contribution in [0.15, 0.2) is 18.2 Å². The summed E-state index contributed by atoms with van der Waals surface area (Å²) in [6, 6.07) is 3.34. The van der Waals surface area contributed by atoms with Crippen molar-refractivity contribution in [3.05, 3.63) is 35.1 Å². The van der Waals surface area contributed by atoms with Gasteiger partial charge in [0.05, 0.1) is 0 Å². The smallest absolute Gasteiger partial charge is 0.324 e. The van der Waals surface area contributed by atoms with Gasteiger partial charge in [-0.2, -0.15) is 13.2 Å². The van der Waals surface area contributed by atoms with Crippen LogP contribution in [0.25, 0.3) is 0 Å². The van der Waals surface area contributed by atoms with E-state index in [1.165, 1.54) is 12.1 Å². The molecule has 5 heteroatoms. The summed E-state index contributed by atoms with van der Waals surface area (Å²) in [5.41, 5.74) is 6.45. The third kappa shape index (κ3) is 3.81. The van der Waals surface area contributed by atoms with E-state index in [2.05, 4.69) is 0 Å². The Morgan fingerprint density at radius 1 is 1.31 bits per heavy atom. The average molecular weight is 235 g/mol. The Balaban J connectivity index is 2.73. The van der Waals surface area contributed by atoms with Crippen molar-refractivity contribution in [2.24, 2.45) is 5.73 Å². The van der Waals surface area contributed by atoms with Gasteiger partial charge in [0.1, 0.15) is 5.82 Å². The van der Waals surface area contributed by atoms with E-state index < -0.39 is 24.5 Å². The van der Waals surface area contributed by atoms with E-state index in [1.54, 1.807) is 13.0 Å². The molecule has 1 unspecified atom stereocenters. The molecule has 0 bridgehead atoms. The van der Waals surface area contributed by atoms with Gasteiger partial charge in [-0.05, 0) is 19.4 Å². The Morgan fingerprint density at radius 3 is 2.50 bits per heavy atom. The first-order valence-electron chi connectivity index (χ1n) is 4.88. The Hall–Kier alpha value is -1.10. The van der Waals surface area contributed by atoms with Crippen molar-refractivity contribution in [1.82, 2.24) is 0 Å². The molecule has 0 aromatic heterocycles. The average Bonchev–Trinajstić information content (AvgIpc) is 2.17. The van der Waals surface area contributed by atoms with Gasteiger partial charge in [-0.3, -0.25) is 0 Å². The molecule has 16 heavy (non-hydrogen) atoms. The molecule has 1 aromatic carbocycles. The quantitative estimate of drug-likeness (QED) is 0.797. The van der Waals surface area contributed by atoms with Crippen LogP contribution < -0.4 is 5.73 Å². The molecule has 0 aliphatic carbocycles. The van der Waals surface area contributed by atoms with Gasteiger partial charge < -0.3 is 5.73 Å². The molecule has 1 rings (SSSR count). The SMILES string of the molecule is Cc1ccc(F)c(C(N)CCC(F)(F)F)c1. The van der Waals surface area contributed by atoms with Gasteiger partial charge in [0, 0.05) is 18.0 Å². The molecule has 0 aliphatic heterocycles. The van der Waals surface area contributed by atoms with E-state index in [0.717, 1.165) is 5.56 Å².